The summed E-state index contributed by atoms with van der Waals surface area (Å²) in [6, 6.07) is 7.45. The van der Waals surface area contributed by atoms with Crippen molar-refractivity contribution in [1.82, 2.24) is 0 Å². The number of thiophene rings is 1. The van der Waals surface area contributed by atoms with Crippen LogP contribution in [0.5, 0.6) is 0 Å². The highest BCUT2D eigenvalue weighted by Crippen LogP contribution is 2.28. The molecule has 0 spiro atoms. The quantitative estimate of drug-likeness (QED) is 0.754. The summed E-state index contributed by atoms with van der Waals surface area (Å²) >= 11 is 6.66. The second-order valence-corrected chi connectivity index (χ2v) is 6.67. The van der Waals surface area contributed by atoms with Crippen molar-refractivity contribution >= 4 is 38.6 Å². The molecule has 3 N–H and O–H groups in total. The Morgan fingerprint density at radius 2 is 1.79 bits per heavy atom. The molecule has 0 unspecified atom stereocenters. The van der Waals surface area contributed by atoms with Crippen molar-refractivity contribution in [3.8, 4) is 0 Å². The standard InChI is InChI=1S/C11H10ClNO4S2/c12-7-1-3-8(4-2-7)13-19(16,17)9-5-6-18-10(9)11(14)15/h1-6,11,13-15H. The lowest BCUT2D eigenvalue weighted by atomic mass is 10.3. The molecule has 102 valence electrons. The molecule has 0 aliphatic rings. The number of sulfonamides is 1. The van der Waals surface area contributed by atoms with Gasteiger partial charge < -0.3 is 10.2 Å². The lowest BCUT2D eigenvalue weighted by molar-refractivity contribution is -0.0415. The number of aliphatic hydroxyl groups excluding tert-OH is 1. The van der Waals surface area contributed by atoms with Gasteiger partial charge in [-0.2, -0.15) is 0 Å². The summed E-state index contributed by atoms with van der Waals surface area (Å²) in [6.07, 6.45) is -1.82. The number of rotatable bonds is 4. The van der Waals surface area contributed by atoms with E-state index in [1.807, 2.05) is 0 Å². The largest absolute Gasteiger partial charge is 0.364 e. The second kappa shape index (κ2) is 5.48. The zero-order chi connectivity index (χ0) is 14.0. The minimum atomic E-state index is -3.86. The average Bonchev–Trinajstić information content (AvgIpc) is 2.82. The first-order chi connectivity index (χ1) is 8.90. The highest BCUT2D eigenvalue weighted by molar-refractivity contribution is 7.93. The number of anilines is 1. The fourth-order valence-corrected chi connectivity index (χ4v) is 3.96. The molecule has 1 heterocycles. The zero-order valence-electron chi connectivity index (χ0n) is 9.45. The number of halogens is 1. The molecule has 5 nitrogen and oxygen atoms in total. The molecule has 0 bridgehead atoms. The smallest absolute Gasteiger partial charge is 0.263 e. The summed E-state index contributed by atoms with van der Waals surface area (Å²) in [5.74, 6) is 0. The summed E-state index contributed by atoms with van der Waals surface area (Å²) in [5, 5.41) is 20.2. The van der Waals surface area contributed by atoms with E-state index in [1.54, 1.807) is 12.1 Å². The van der Waals surface area contributed by atoms with Crippen LogP contribution in [-0.4, -0.2) is 18.6 Å². The number of hydrogen-bond acceptors (Lipinski definition) is 5. The van der Waals surface area contributed by atoms with Crippen LogP contribution in [0.3, 0.4) is 0 Å². The van der Waals surface area contributed by atoms with E-state index in [0.717, 1.165) is 11.3 Å². The molecule has 0 saturated carbocycles. The molecular formula is C11H10ClNO4S2. The van der Waals surface area contributed by atoms with Crippen LogP contribution in [0.1, 0.15) is 11.2 Å². The van der Waals surface area contributed by atoms with E-state index in [9.17, 15) is 8.42 Å². The molecule has 2 aromatic rings. The Labute approximate surface area is 119 Å². The Morgan fingerprint density at radius 3 is 2.37 bits per heavy atom. The topological polar surface area (TPSA) is 86.6 Å². The van der Waals surface area contributed by atoms with Gasteiger partial charge in [-0.25, -0.2) is 8.42 Å². The minimum Gasteiger partial charge on any atom is -0.364 e. The summed E-state index contributed by atoms with van der Waals surface area (Å²) in [4.78, 5) is -0.177. The third-order valence-corrected chi connectivity index (χ3v) is 5.06. The molecule has 0 aliphatic heterocycles. The van der Waals surface area contributed by atoms with Crippen LogP contribution in [0.15, 0.2) is 40.6 Å². The van der Waals surface area contributed by atoms with Crippen LogP contribution in [0.4, 0.5) is 5.69 Å². The Balaban J connectivity index is 2.32. The molecule has 0 saturated heterocycles. The molecule has 0 amide bonds. The van der Waals surface area contributed by atoms with E-state index in [-0.39, 0.29) is 9.77 Å². The molecule has 0 aliphatic carbocycles. The van der Waals surface area contributed by atoms with Crippen molar-refractivity contribution in [2.75, 3.05) is 4.72 Å². The molecule has 1 aromatic carbocycles. The van der Waals surface area contributed by atoms with Crippen LogP contribution in [0.25, 0.3) is 0 Å². The van der Waals surface area contributed by atoms with Crippen molar-refractivity contribution < 1.29 is 18.6 Å². The summed E-state index contributed by atoms with van der Waals surface area (Å²) < 4.78 is 26.6. The predicted octanol–water partition coefficient (Wildman–Crippen LogP) is 2.19. The van der Waals surface area contributed by atoms with Gasteiger partial charge in [0.05, 0.1) is 4.88 Å². The maximum absolute atomic E-state index is 12.1. The maximum Gasteiger partial charge on any atom is 0.263 e. The summed E-state index contributed by atoms with van der Waals surface area (Å²) in [7, 11) is -3.86. The average molecular weight is 320 g/mol. The highest BCUT2D eigenvalue weighted by atomic mass is 35.5. The first kappa shape index (κ1) is 14.3. The van der Waals surface area contributed by atoms with Crippen molar-refractivity contribution in [2.24, 2.45) is 0 Å². The van der Waals surface area contributed by atoms with Crippen molar-refractivity contribution in [3.63, 3.8) is 0 Å². The monoisotopic (exact) mass is 319 g/mol. The highest BCUT2D eigenvalue weighted by Gasteiger charge is 2.23. The predicted molar refractivity (Wildman–Crippen MR) is 73.8 cm³/mol. The first-order valence-electron chi connectivity index (χ1n) is 5.12. The van der Waals surface area contributed by atoms with Crippen molar-refractivity contribution in [1.29, 1.82) is 0 Å². The van der Waals surface area contributed by atoms with E-state index in [4.69, 9.17) is 21.8 Å². The Kier molecular flexibility index (Phi) is 4.12. The Hall–Kier alpha value is -1.12. The molecule has 2 rings (SSSR count). The molecule has 8 heteroatoms. The Bertz CT molecular complexity index is 664. The third kappa shape index (κ3) is 3.26. The van der Waals surface area contributed by atoms with Crippen LogP contribution in [0.2, 0.25) is 5.02 Å². The maximum atomic E-state index is 12.1. The van der Waals surface area contributed by atoms with E-state index in [2.05, 4.69) is 4.72 Å². The van der Waals surface area contributed by atoms with Gasteiger partial charge in [0, 0.05) is 10.7 Å². The van der Waals surface area contributed by atoms with E-state index < -0.39 is 16.3 Å². The molecule has 0 fully saturated rings. The molecular weight excluding hydrogens is 310 g/mol. The van der Waals surface area contributed by atoms with Gasteiger partial charge in [-0.05, 0) is 35.7 Å². The summed E-state index contributed by atoms with van der Waals surface area (Å²) in [5.41, 5.74) is 0.342. The van der Waals surface area contributed by atoms with Gasteiger partial charge in [-0.3, -0.25) is 4.72 Å². The van der Waals surface area contributed by atoms with Gasteiger partial charge in [-0.1, -0.05) is 11.6 Å². The molecule has 1 aromatic heterocycles. The number of hydrogen-bond donors (Lipinski definition) is 3. The Morgan fingerprint density at radius 1 is 1.16 bits per heavy atom. The molecule has 0 atom stereocenters. The zero-order valence-corrected chi connectivity index (χ0v) is 11.8. The van der Waals surface area contributed by atoms with Gasteiger partial charge in [0.2, 0.25) is 0 Å². The molecule has 0 radical (unpaired) electrons. The van der Waals surface area contributed by atoms with Gasteiger partial charge in [0.15, 0.2) is 6.29 Å². The van der Waals surface area contributed by atoms with Crippen LogP contribution < -0.4 is 4.72 Å². The molecule has 19 heavy (non-hydrogen) atoms. The van der Waals surface area contributed by atoms with Gasteiger partial charge in [0.1, 0.15) is 4.90 Å². The van der Waals surface area contributed by atoms with Gasteiger partial charge in [-0.15, -0.1) is 11.3 Å². The van der Waals surface area contributed by atoms with Crippen molar-refractivity contribution in [3.05, 3.63) is 45.6 Å². The van der Waals surface area contributed by atoms with Crippen LogP contribution >= 0.6 is 22.9 Å². The fraction of sp³-hybridized carbons (Fsp3) is 0.0909. The lowest BCUT2D eigenvalue weighted by Gasteiger charge is -2.09. The van der Waals surface area contributed by atoms with Crippen molar-refractivity contribution in [2.45, 2.75) is 11.2 Å². The lowest BCUT2D eigenvalue weighted by Crippen LogP contribution is -2.14. The number of nitrogens with one attached hydrogen (secondary N) is 1. The minimum absolute atomic E-state index is 0.0264. The van der Waals surface area contributed by atoms with Gasteiger partial charge >= 0.3 is 0 Å². The van der Waals surface area contributed by atoms with E-state index >= 15 is 0 Å². The normalized spacial score (nSPS) is 11.8. The van der Waals surface area contributed by atoms with Crippen LogP contribution in [0, 0.1) is 0 Å². The second-order valence-electron chi connectivity index (χ2n) is 3.64. The number of benzene rings is 1. The summed E-state index contributed by atoms with van der Waals surface area (Å²) in [6.45, 7) is 0. The van der Waals surface area contributed by atoms with Gasteiger partial charge in [0.25, 0.3) is 10.0 Å². The van der Waals surface area contributed by atoms with E-state index in [0.29, 0.717) is 10.7 Å². The SMILES string of the molecule is O=S(=O)(Nc1ccc(Cl)cc1)c1ccsc1C(O)O. The first-order valence-corrected chi connectivity index (χ1v) is 7.86. The van der Waals surface area contributed by atoms with E-state index in [1.165, 1.54) is 23.6 Å². The number of aliphatic hydroxyl groups is 2. The fourth-order valence-electron chi connectivity index (χ4n) is 1.45. The third-order valence-electron chi connectivity index (χ3n) is 2.28. The van der Waals surface area contributed by atoms with Crippen LogP contribution in [-0.2, 0) is 10.0 Å².